The number of hydrogen-bond donors (Lipinski definition) is 0. The van der Waals surface area contributed by atoms with Crippen molar-refractivity contribution in [3.8, 4) is 5.75 Å². The number of thioether (sulfide) groups is 1. The Kier molecular flexibility index (Phi) is 6.44. The normalized spacial score (nSPS) is 20.8. The molecule has 5 rings (SSSR count). The molecule has 3 heterocycles. The molecule has 0 aliphatic carbocycles. The molecule has 0 spiro atoms. The van der Waals surface area contributed by atoms with E-state index in [4.69, 9.17) is 9.47 Å². The van der Waals surface area contributed by atoms with Crippen LogP contribution in [0.2, 0.25) is 0 Å². The highest BCUT2D eigenvalue weighted by Gasteiger charge is 2.57. The number of amides is 2. The summed E-state index contributed by atoms with van der Waals surface area (Å²) >= 11 is 2.04. The molecule has 3 atom stereocenters. The molecule has 3 aromatic rings. The Morgan fingerprint density at radius 2 is 1.78 bits per heavy atom. The molecule has 8 nitrogen and oxygen atoms in total. The first-order chi connectivity index (χ1) is 17.3. The van der Waals surface area contributed by atoms with Crippen LogP contribution in [-0.4, -0.2) is 41.3 Å². The maximum Gasteiger partial charge on any atom is 0.326 e. The van der Waals surface area contributed by atoms with Crippen LogP contribution in [-0.2, 0) is 25.7 Å². The summed E-state index contributed by atoms with van der Waals surface area (Å²) in [6, 6.07) is 12.3. The van der Waals surface area contributed by atoms with Crippen LogP contribution in [0.25, 0.3) is 0 Å². The third-order valence-electron chi connectivity index (χ3n) is 6.20. The largest absolute Gasteiger partial charge is 0.496 e. The fraction of sp³-hybridized carbons (Fsp3) is 0.280. The van der Waals surface area contributed by atoms with E-state index in [1.165, 1.54) is 35.9 Å². The monoisotopic (exact) mass is 528 g/mol. The zero-order valence-corrected chi connectivity index (χ0v) is 20.9. The molecule has 11 heteroatoms. The van der Waals surface area contributed by atoms with Gasteiger partial charge in [-0.05, 0) is 37.3 Å². The van der Waals surface area contributed by atoms with Crippen LogP contribution >= 0.6 is 23.1 Å². The Labute approximate surface area is 213 Å². The average Bonchev–Trinajstić information content (AvgIpc) is 3.31. The zero-order valence-electron chi connectivity index (χ0n) is 19.3. The van der Waals surface area contributed by atoms with Crippen molar-refractivity contribution in [1.82, 2.24) is 4.57 Å². The quantitative estimate of drug-likeness (QED) is 0.357. The number of carbonyl (C=O) groups excluding carboxylic acids is 3. The highest BCUT2D eigenvalue weighted by atomic mass is 32.2. The van der Waals surface area contributed by atoms with E-state index in [1.54, 1.807) is 31.2 Å². The molecule has 2 unspecified atom stereocenters. The highest BCUT2D eigenvalue weighted by molar-refractivity contribution is 8.00. The number of halogens is 1. The van der Waals surface area contributed by atoms with Gasteiger partial charge in [-0.1, -0.05) is 41.3 Å². The summed E-state index contributed by atoms with van der Waals surface area (Å²) in [7, 11) is 1.51. The maximum atomic E-state index is 13.8. The van der Waals surface area contributed by atoms with E-state index >= 15 is 0 Å². The predicted octanol–water partition coefficient (Wildman–Crippen LogP) is 3.42. The summed E-state index contributed by atoms with van der Waals surface area (Å²) in [5.74, 6) is -2.94. The maximum absolute atomic E-state index is 13.8. The van der Waals surface area contributed by atoms with Crippen molar-refractivity contribution in [2.24, 2.45) is 5.92 Å². The van der Waals surface area contributed by atoms with Gasteiger partial charge in [-0.25, -0.2) is 9.29 Å². The standard InChI is InChI=1S/C25H21FN2O6S2/c1-3-34-17(29)12-27-24-21(36-25(27)32)18(15-6-4-5-7-16(15)33-2)19-20(35-24)23(31)28(22(19)30)14-10-8-13(26)9-11-14/h4-11,18-20H,3,12H2,1-2H3/t18-,19?,20?/m1/s1. The van der Waals surface area contributed by atoms with Gasteiger partial charge in [0.15, 0.2) is 0 Å². The van der Waals surface area contributed by atoms with E-state index in [2.05, 4.69) is 0 Å². The fourth-order valence-electron chi connectivity index (χ4n) is 4.69. The lowest BCUT2D eigenvalue weighted by Gasteiger charge is -2.31. The third kappa shape index (κ3) is 3.92. The average molecular weight is 529 g/mol. The molecule has 36 heavy (non-hydrogen) atoms. The van der Waals surface area contributed by atoms with Gasteiger partial charge in [0, 0.05) is 16.4 Å². The predicted molar refractivity (Wildman–Crippen MR) is 132 cm³/mol. The number of hydrogen-bond acceptors (Lipinski definition) is 8. The van der Waals surface area contributed by atoms with Gasteiger partial charge in [0.2, 0.25) is 11.8 Å². The number of methoxy groups -OCH3 is 1. The van der Waals surface area contributed by atoms with Gasteiger partial charge in [0.05, 0.1) is 30.3 Å². The summed E-state index contributed by atoms with van der Waals surface area (Å²) in [4.78, 5) is 53.9. The minimum atomic E-state index is -0.854. The number of imide groups is 1. The number of ether oxygens (including phenoxy) is 2. The van der Waals surface area contributed by atoms with Gasteiger partial charge in [-0.2, -0.15) is 0 Å². The Morgan fingerprint density at radius 3 is 2.47 bits per heavy atom. The fourth-order valence-corrected chi connectivity index (χ4v) is 7.46. The van der Waals surface area contributed by atoms with E-state index in [0.717, 1.165) is 28.0 Å². The molecule has 2 amide bonds. The number of thiazole rings is 1. The van der Waals surface area contributed by atoms with Crippen molar-refractivity contribution >= 4 is 46.6 Å². The summed E-state index contributed by atoms with van der Waals surface area (Å²) in [6.45, 7) is 1.54. The topological polar surface area (TPSA) is 94.9 Å². The number of anilines is 1. The zero-order chi connectivity index (χ0) is 25.6. The Bertz CT molecular complexity index is 1420. The number of benzene rings is 2. The van der Waals surface area contributed by atoms with Gasteiger partial charge in [0.1, 0.15) is 23.4 Å². The van der Waals surface area contributed by atoms with Crippen LogP contribution < -0.4 is 14.5 Å². The van der Waals surface area contributed by atoms with Gasteiger partial charge >= 0.3 is 10.8 Å². The molecule has 0 saturated carbocycles. The molecule has 2 aromatic carbocycles. The van der Waals surface area contributed by atoms with Gasteiger partial charge < -0.3 is 9.47 Å². The lowest BCUT2D eigenvalue weighted by atomic mass is 9.82. The number of aromatic nitrogens is 1. The van der Waals surface area contributed by atoms with E-state index in [0.29, 0.717) is 21.2 Å². The van der Waals surface area contributed by atoms with Crippen molar-refractivity contribution in [2.75, 3.05) is 18.6 Å². The van der Waals surface area contributed by atoms with Crippen molar-refractivity contribution in [1.29, 1.82) is 0 Å². The molecule has 0 radical (unpaired) electrons. The first-order valence-electron chi connectivity index (χ1n) is 11.2. The molecule has 0 bridgehead atoms. The van der Waals surface area contributed by atoms with Crippen molar-refractivity contribution < 1.29 is 28.2 Å². The summed E-state index contributed by atoms with van der Waals surface area (Å²) < 4.78 is 25.4. The molecule has 2 aliphatic heterocycles. The Hall–Kier alpha value is -3.44. The van der Waals surface area contributed by atoms with Gasteiger partial charge in [0.25, 0.3) is 0 Å². The molecule has 1 fully saturated rings. The van der Waals surface area contributed by atoms with Crippen molar-refractivity contribution in [2.45, 2.75) is 29.7 Å². The van der Waals surface area contributed by atoms with Crippen LogP contribution in [0.1, 0.15) is 23.3 Å². The van der Waals surface area contributed by atoms with Crippen LogP contribution in [0, 0.1) is 11.7 Å². The van der Waals surface area contributed by atoms with Gasteiger partial charge in [-0.3, -0.25) is 23.7 Å². The van der Waals surface area contributed by atoms with E-state index in [1.807, 2.05) is 0 Å². The Morgan fingerprint density at radius 1 is 1.06 bits per heavy atom. The van der Waals surface area contributed by atoms with Crippen LogP contribution in [0.4, 0.5) is 10.1 Å². The number of fused-ring (bicyclic) bond motifs is 2. The number of esters is 1. The smallest absolute Gasteiger partial charge is 0.326 e. The van der Waals surface area contributed by atoms with Crippen LogP contribution in [0.3, 0.4) is 0 Å². The molecule has 0 N–H and O–H groups in total. The lowest BCUT2D eigenvalue weighted by molar-refractivity contribution is -0.144. The van der Waals surface area contributed by atoms with E-state index in [9.17, 15) is 23.6 Å². The van der Waals surface area contributed by atoms with Crippen LogP contribution in [0.5, 0.6) is 5.75 Å². The first kappa shape index (κ1) is 24.3. The summed E-state index contributed by atoms with van der Waals surface area (Å²) in [5, 5.41) is -0.398. The second-order valence-corrected chi connectivity index (χ2v) is 10.3. The van der Waals surface area contributed by atoms with Crippen molar-refractivity contribution in [3.63, 3.8) is 0 Å². The minimum Gasteiger partial charge on any atom is -0.496 e. The van der Waals surface area contributed by atoms with Gasteiger partial charge in [-0.15, -0.1) is 0 Å². The number of nitrogens with zero attached hydrogens (tertiary/aromatic N) is 2. The molecule has 1 aromatic heterocycles. The molecule has 186 valence electrons. The number of rotatable bonds is 6. The molecule has 1 saturated heterocycles. The second-order valence-electron chi connectivity index (χ2n) is 8.20. The second kappa shape index (κ2) is 9.55. The lowest BCUT2D eigenvalue weighted by Crippen LogP contribution is -2.33. The highest BCUT2D eigenvalue weighted by Crippen LogP contribution is 2.55. The number of para-hydroxylation sites is 1. The minimum absolute atomic E-state index is 0.168. The molecule has 2 aliphatic rings. The summed E-state index contributed by atoms with van der Waals surface area (Å²) in [6.07, 6.45) is 0. The third-order valence-corrected chi connectivity index (χ3v) is 8.80. The SMILES string of the molecule is CCOC(=O)Cn1c2c(sc1=O)[C@H](c1ccccc1OC)C1C(=O)N(c3ccc(F)cc3)C(=O)C1S2. The Balaban J connectivity index is 1.67. The van der Waals surface area contributed by atoms with E-state index in [-0.39, 0.29) is 23.7 Å². The summed E-state index contributed by atoms with van der Waals surface area (Å²) in [5.41, 5.74) is 0.927. The van der Waals surface area contributed by atoms with Crippen molar-refractivity contribution in [3.05, 3.63) is 74.5 Å². The van der Waals surface area contributed by atoms with E-state index < -0.39 is 40.7 Å². The molecular weight excluding hydrogens is 507 g/mol. The number of carbonyl (C=O) groups is 3. The van der Waals surface area contributed by atoms with Crippen LogP contribution in [0.15, 0.2) is 58.4 Å². The molecular formula is C25H21FN2O6S2. The first-order valence-corrected chi connectivity index (χ1v) is 12.9.